The fraction of sp³-hybridized carbons (Fsp3) is 0.476. The van der Waals surface area contributed by atoms with Crippen LogP contribution in [0.2, 0.25) is 0 Å². The Labute approximate surface area is 161 Å². The molecule has 0 bridgehead atoms. The molecule has 1 aliphatic rings. The number of amides is 1. The van der Waals surface area contributed by atoms with E-state index < -0.39 is 0 Å². The molecule has 1 saturated heterocycles. The van der Waals surface area contributed by atoms with Gasteiger partial charge in [0.2, 0.25) is 0 Å². The van der Waals surface area contributed by atoms with Gasteiger partial charge in [0, 0.05) is 38.8 Å². The van der Waals surface area contributed by atoms with E-state index >= 15 is 0 Å². The Bertz CT molecular complexity index is 724. The predicted octanol–water partition coefficient (Wildman–Crippen LogP) is 2.67. The summed E-state index contributed by atoms with van der Waals surface area (Å²) in [5, 5.41) is 0. The van der Waals surface area contributed by atoms with E-state index in [-0.39, 0.29) is 11.9 Å². The van der Waals surface area contributed by atoms with Crippen molar-refractivity contribution < 1.29 is 4.79 Å². The van der Waals surface area contributed by atoms with Crippen LogP contribution in [-0.2, 0) is 6.54 Å². The lowest BCUT2D eigenvalue weighted by Crippen LogP contribution is -2.46. The van der Waals surface area contributed by atoms with Gasteiger partial charge < -0.3 is 14.7 Å². The molecule has 3 rings (SSSR count). The molecule has 0 aliphatic carbocycles. The van der Waals surface area contributed by atoms with Crippen LogP contribution in [0.3, 0.4) is 0 Å². The van der Waals surface area contributed by atoms with Crippen LogP contribution < -0.4 is 4.90 Å². The van der Waals surface area contributed by atoms with Crippen LogP contribution in [0, 0.1) is 0 Å². The van der Waals surface area contributed by atoms with Crippen molar-refractivity contribution >= 4 is 11.7 Å². The van der Waals surface area contributed by atoms with Gasteiger partial charge in [-0.1, -0.05) is 37.3 Å². The van der Waals surface area contributed by atoms with Gasteiger partial charge in [-0.15, -0.1) is 0 Å². The van der Waals surface area contributed by atoms with Crippen molar-refractivity contribution in [2.24, 2.45) is 0 Å². The molecule has 27 heavy (non-hydrogen) atoms. The standard InChI is InChI=1S/C21H29N5O/c1-4-24-10-12-25(13-11-24)20-15-22-19(14-23-20)21(27)26(17(2)3)16-18-8-6-5-7-9-18/h5-9,14-15,17H,4,10-13,16H2,1-3H3. The molecular weight excluding hydrogens is 338 g/mol. The molecule has 0 atom stereocenters. The zero-order valence-electron chi connectivity index (χ0n) is 16.5. The molecule has 0 unspecified atom stereocenters. The van der Waals surface area contributed by atoms with E-state index in [1.54, 1.807) is 12.4 Å². The van der Waals surface area contributed by atoms with Gasteiger partial charge in [0.25, 0.3) is 5.91 Å². The van der Waals surface area contributed by atoms with Crippen LogP contribution in [0.1, 0.15) is 36.8 Å². The summed E-state index contributed by atoms with van der Waals surface area (Å²) in [4.78, 5) is 28.4. The first-order chi connectivity index (χ1) is 13.1. The summed E-state index contributed by atoms with van der Waals surface area (Å²) in [5.41, 5.74) is 1.51. The van der Waals surface area contributed by atoms with E-state index in [0.29, 0.717) is 12.2 Å². The van der Waals surface area contributed by atoms with Gasteiger partial charge in [-0.05, 0) is 26.0 Å². The van der Waals surface area contributed by atoms with E-state index in [1.165, 1.54) is 0 Å². The van der Waals surface area contributed by atoms with Crippen LogP contribution in [0.5, 0.6) is 0 Å². The van der Waals surface area contributed by atoms with Gasteiger partial charge in [-0.3, -0.25) is 4.79 Å². The van der Waals surface area contributed by atoms with E-state index in [9.17, 15) is 4.79 Å². The molecule has 1 aromatic heterocycles. The fourth-order valence-electron chi connectivity index (χ4n) is 3.30. The molecule has 1 fully saturated rings. The number of carbonyl (C=O) groups is 1. The van der Waals surface area contributed by atoms with Crippen molar-refractivity contribution in [3.05, 3.63) is 54.0 Å². The summed E-state index contributed by atoms with van der Waals surface area (Å²) in [5.74, 6) is 0.769. The maximum atomic E-state index is 13.0. The van der Waals surface area contributed by atoms with Gasteiger partial charge in [-0.2, -0.15) is 0 Å². The highest BCUT2D eigenvalue weighted by atomic mass is 16.2. The molecule has 0 spiro atoms. The first kappa shape index (κ1) is 19.3. The van der Waals surface area contributed by atoms with E-state index in [1.807, 2.05) is 49.1 Å². The minimum atomic E-state index is -0.0799. The van der Waals surface area contributed by atoms with Crippen LogP contribution in [0.25, 0.3) is 0 Å². The average molecular weight is 367 g/mol. The second-order valence-electron chi connectivity index (χ2n) is 7.19. The van der Waals surface area contributed by atoms with Crippen LogP contribution >= 0.6 is 0 Å². The number of benzene rings is 1. The summed E-state index contributed by atoms with van der Waals surface area (Å²) in [6.45, 7) is 11.9. The van der Waals surface area contributed by atoms with E-state index in [4.69, 9.17) is 0 Å². The minimum absolute atomic E-state index is 0.0799. The van der Waals surface area contributed by atoms with Crippen molar-refractivity contribution in [3.63, 3.8) is 0 Å². The molecule has 1 aliphatic heterocycles. The number of hydrogen-bond acceptors (Lipinski definition) is 5. The number of rotatable bonds is 6. The Balaban J connectivity index is 1.68. The maximum Gasteiger partial charge on any atom is 0.274 e. The highest BCUT2D eigenvalue weighted by Crippen LogP contribution is 2.15. The maximum absolute atomic E-state index is 13.0. The van der Waals surface area contributed by atoms with Gasteiger partial charge in [0.05, 0.1) is 12.4 Å². The number of likely N-dealkylation sites (N-methyl/N-ethyl adjacent to an activating group) is 1. The van der Waals surface area contributed by atoms with Crippen molar-refractivity contribution in [3.8, 4) is 0 Å². The largest absolute Gasteiger partial charge is 0.353 e. The molecular formula is C21H29N5O. The normalized spacial score (nSPS) is 15.2. The third-order valence-corrected chi connectivity index (χ3v) is 5.08. The van der Waals surface area contributed by atoms with Crippen molar-refractivity contribution in [2.45, 2.75) is 33.4 Å². The molecule has 2 heterocycles. The van der Waals surface area contributed by atoms with E-state index in [0.717, 1.165) is 44.1 Å². The Morgan fingerprint density at radius 2 is 1.78 bits per heavy atom. The van der Waals surface area contributed by atoms with Gasteiger partial charge in [-0.25, -0.2) is 9.97 Å². The van der Waals surface area contributed by atoms with Gasteiger partial charge >= 0.3 is 0 Å². The Morgan fingerprint density at radius 1 is 1.07 bits per heavy atom. The van der Waals surface area contributed by atoms with Crippen LogP contribution in [0.4, 0.5) is 5.82 Å². The molecule has 6 heteroatoms. The summed E-state index contributed by atoms with van der Waals surface area (Å²) in [6.07, 6.45) is 3.35. The summed E-state index contributed by atoms with van der Waals surface area (Å²) >= 11 is 0. The molecule has 0 radical (unpaired) electrons. The number of aromatic nitrogens is 2. The molecule has 2 aromatic rings. The average Bonchev–Trinajstić information content (AvgIpc) is 2.72. The van der Waals surface area contributed by atoms with Crippen molar-refractivity contribution in [1.82, 2.24) is 19.8 Å². The molecule has 0 saturated carbocycles. The number of carbonyl (C=O) groups excluding carboxylic acids is 1. The summed E-state index contributed by atoms with van der Waals surface area (Å²) < 4.78 is 0. The number of piperazine rings is 1. The smallest absolute Gasteiger partial charge is 0.274 e. The monoisotopic (exact) mass is 367 g/mol. The van der Waals surface area contributed by atoms with Crippen molar-refractivity contribution in [2.75, 3.05) is 37.6 Å². The molecule has 144 valence electrons. The first-order valence-electron chi connectivity index (χ1n) is 9.72. The number of hydrogen-bond donors (Lipinski definition) is 0. The lowest BCUT2D eigenvalue weighted by atomic mass is 10.2. The fourth-order valence-corrected chi connectivity index (χ4v) is 3.30. The van der Waals surface area contributed by atoms with Crippen molar-refractivity contribution in [1.29, 1.82) is 0 Å². The molecule has 0 N–H and O–H groups in total. The van der Waals surface area contributed by atoms with E-state index in [2.05, 4.69) is 26.7 Å². The second kappa shape index (κ2) is 8.95. The van der Waals surface area contributed by atoms with Crippen LogP contribution in [-0.4, -0.2) is 64.4 Å². The van der Waals surface area contributed by atoms with Gasteiger partial charge in [0.15, 0.2) is 0 Å². The lowest BCUT2D eigenvalue weighted by Gasteiger charge is -2.34. The molecule has 1 aromatic carbocycles. The summed E-state index contributed by atoms with van der Waals surface area (Å²) in [7, 11) is 0. The van der Waals surface area contributed by atoms with Crippen LogP contribution in [0.15, 0.2) is 42.7 Å². The predicted molar refractivity (Wildman–Crippen MR) is 108 cm³/mol. The molecule has 6 nitrogen and oxygen atoms in total. The minimum Gasteiger partial charge on any atom is -0.353 e. The zero-order valence-corrected chi connectivity index (χ0v) is 16.5. The number of anilines is 1. The Hall–Kier alpha value is -2.47. The molecule has 1 amide bonds. The third-order valence-electron chi connectivity index (χ3n) is 5.08. The zero-order chi connectivity index (χ0) is 19.2. The SMILES string of the molecule is CCN1CCN(c2cnc(C(=O)N(Cc3ccccc3)C(C)C)cn2)CC1. The lowest BCUT2D eigenvalue weighted by molar-refractivity contribution is 0.0684. The highest BCUT2D eigenvalue weighted by Gasteiger charge is 2.22. The topological polar surface area (TPSA) is 52.6 Å². The van der Waals surface area contributed by atoms with Gasteiger partial charge in [0.1, 0.15) is 11.5 Å². The Morgan fingerprint density at radius 3 is 2.33 bits per heavy atom. The highest BCUT2D eigenvalue weighted by molar-refractivity contribution is 5.92. The Kier molecular flexibility index (Phi) is 6.40. The quantitative estimate of drug-likeness (QED) is 0.786. The summed E-state index contributed by atoms with van der Waals surface area (Å²) in [6, 6.07) is 10.1. The third kappa shape index (κ3) is 4.83. The number of nitrogens with zero attached hydrogens (tertiary/aromatic N) is 5. The second-order valence-corrected chi connectivity index (χ2v) is 7.19. The first-order valence-corrected chi connectivity index (χ1v) is 9.72.